The van der Waals surface area contributed by atoms with Crippen molar-refractivity contribution in [3.8, 4) is 5.75 Å². The Balaban J connectivity index is 1.93. The van der Waals surface area contributed by atoms with Crippen LogP contribution in [-0.2, 0) is 11.3 Å². The van der Waals surface area contributed by atoms with Gasteiger partial charge in [-0.3, -0.25) is 4.79 Å². The van der Waals surface area contributed by atoms with Gasteiger partial charge in [0.25, 0.3) is 5.91 Å². The Hall–Kier alpha value is -2.04. The summed E-state index contributed by atoms with van der Waals surface area (Å²) in [6, 6.07) is 15.4. The van der Waals surface area contributed by atoms with E-state index in [-0.39, 0.29) is 5.91 Å². The molecule has 1 unspecified atom stereocenters. The number of halogens is 1. The summed E-state index contributed by atoms with van der Waals surface area (Å²) < 4.78 is 5.10. The molecule has 0 heterocycles. The van der Waals surface area contributed by atoms with E-state index >= 15 is 0 Å². The van der Waals surface area contributed by atoms with Crippen LogP contribution in [0.5, 0.6) is 5.75 Å². The van der Waals surface area contributed by atoms with Crippen LogP contribution in [-0.4, -0.2) is 26.1 Å². The molecule has 0 saturated heterocycles. The van der Waals surface area contributed by atoms with Gasteiger partial charge in [-0.05, 0) is 25.1 Å². The predicted molar refractivity (Wildman–Crippen MR) is 93.2 cm³/mol. The van der Waals surface area contributed by atoms with E-state index in [9.17, 15) is 4.79 Å². The molecule has 0 aliphatic rings. The van der Waals surface area contributed by atoms with Crippen LogP contribution in [0.15, 0.2) is 48.5 Å². The summed E-state index contributed by atoms with van der Waals surface area (Å²) >= 11 is 6.07. The van der Waals surface area contributed by atoms with Gasteiger partial charge in [0.2, 0.25) is 0 Å². The second-order valence-corrected chi connectivity index (χ2v) is 5.75. The Labute approximate surface area is 142 Å². The normalized spacial score (nSPS) is 11.8. The number of carbonyl (C=O) groups is 1. The Kier molecular flexibility index (Phi) is 6.44. The van der Waals surface area contributed by atoms with Gasteiger partial charge in [-0.25, -0.2) is 0 Å². The van der Waals surface area contributed by atoms with E-state index in [0.717, 1.165) is 13.1 Å². The van der Waals surface area contributed by atoms with Gasteiger partial charge in [-0.1, -0.05) is 41.9 Å². The number of ether oxygens (including phenoxy) is 1. The first-order chi connectivity index (χ1) is 11.1. The molecular weight excluding hydrogens is 312 g/mol. The van der Waals surface area contributed by atoms with Gasteiger partial charge in [-0.15, -0.1) is 0 Å². The number of hydrogen-bond acceptors (Lipinski definition) is 2. The van der Waals surface area contributed by atoms with Gasteiger partial charge in [0.05, 0.1) is 18.7 Å². The number of anilines is 1. The number of methoxy groups -OCH3 is 1. The minimum absolute atomic E-state index is 0.0287. The summed E-state index contributed by atoms with van der Waals surface area (Å²) in [7, 11) is 1.56. The van der Waals surface area contributed by atoms with Crippen molar-refractivity contribution in [2.45, 2.75) is 13.5 Å². The van der Waals surface area contributed by atoms with E-state index in [0.29, 0.717) is 23.0 Å². The predicted octanol–water partition coefficient (Wildman–Crippen LogP) is 2.39. The average Bonchev–Trinajstić information content (AvgIpc) is 2.55. The molecule has 122 valence electrons. The largest absolute Gasteiger partial charge is 0.495 e. The summed E-state index contributed by atoms with van der Waals surface area (Å²) in [5, 5.41) is 3.37. The third-order valence-electron chi connectivity index (χ3n) is 3.64. The van der Waals surface area contributed by atoms with Gasteiger partial charge in [0.15, 0.2) is 6.54 Å². The number of quaternary nitrogens is 1. The lowest BCUT2D eigenvalue weighted by atomic mass is 10.2. The summed E-state index contributed by atoms with van der Waals surface area (Å²) in [4.78, 5) is 13.4. The highest BCUT2D eigenvalue weighted by Crippen LogP contribution is 2.26. The molecule has 5 heteroatoms. The van der Waals surface area contributed by atoms with E-state index in [2.05, 4.69) is 24.4 Å². The zero-order chi connectivity index (χ0) is 16.7. The zero-order valence-electron chi connectivity index (χ0n) is 13.4. The fraction of sp³-hybridized carbons (Fsp3) is 0.278. The van der Waals surface area contributed by atoms with Crippen molar-refractivity contribution >= 4 is 23.2 Å². The molecule has 0 radical (unpaired) electrons. The molecule has 0 aromatic heterocycles. The second kappa shape index (κ2) is 8.56. The molecule has 0 aliphatic heterocycles. The topological polar surface area (TPSA) is 42.8 Å². The van der Waals surface area contributed by atoms with Crippen LogP contribution < -0.4 is 15.0 Å². The highest BCUT2D eigenvalue weighted by atomic mass is 35.5. The first-order valence-electron chi connectivity index (χ1n) is 7.63. The lowest BCUT2D eigenvalue weighted by molar-refractivity contribution is -0.903. The molecule has 2 N–H and O–H groups in total. The summed E-state index contributed by atoms with van der Waals surface area (Å²) in [5.74, 6) is 0.563. The molecular formula is C18H22ClN2O2+. The van der Waals surface area contributed by atoms with Crippen molar-refractivity contribution < 1.29 is 14.4 Å². The number of hydrogen-bond donors (Lipinski definition) is 2. The van der Waals surface area contributed by atoms with E-state index in [1.54, 1.807) is 25.3 Å². The summed E-state index contributed by atoms with van der Waals surface area (Å²) in [5.41, 5.74) is 1.90. The third-order valence-corrected chi connectivity index (χ3v) is 3.94. The van der Waals surface area contributed by atoms with Crippen molar-refractivity contribution in [2.75, 3.05) is 25.5 Å². The summed E-state index contributed by atoms with van der Waals surface area (Å²) in [6.45, 7) is 4.20. The molecule has 2 aromatic rings. The fourth-order valence-electron chi connectivity index (χ4n) is 2.37. The van der Waals surface area contributed by atoms with Gasteiger partial charge in [0.1, 0.15) is 12.3 Å². The first kappa shape index (κ1) is 17.3. The van der Waals surface area contributed by atoms with Gasteiger partial charge >= 0.3 is 0 Å². The Morgan fingerprint density at radius 1 is 1.22 bits per heavy atom. The smallest absolute Gasteiger partial charge is 0.279 e. The fourth-order valence-corrected chi connectivity index (χ4v) is 2.63. The van der Waals surface area contributed by atoms with Gasteiger partial charge < -0.3 is 15.0 Å². The average molecular weight is 334 g/mol. The molecule has 0 fully saturated rings. The number of amides is 1. The third kappa shape index (κ3) is 5.27. The molecule has 2 rings (SSSR count). The Morgan fingerprint density at radius 2 is 1.96 bits per heavy atom. The molecule has 4 nitrogen and oxygen atoms in total. The Morgan fingerprint density at radius 3 is 2.57 bits per heavy atom. The van der Waals surface area contributed by atoms with Crippen LogP contribution in [0, 0.1) is 0 Å². The van der Waals surface area contributed by atoms with E-state index in [1.165, 1.54) is 10.5 Å². The summed E-state index contributed by atoms with van der Waals surface area (Å²) in [6.07, 6.45) is 0. The quantitative estimate of drug-likeness (QED) is 0.817. The highest BCUT2D eigenvalue weighted by molar-refractivity contribution is 6.32. The van der Waals surface area contributed by atoms with Crippen molar-refractivity contribution in [3.05, 3.63) is 59.1 Å². The maximum absolute atomic E-state index is 12.2. The van der Waals surface area contributed by atoms with Crippen LogP contribution in [0.3, 0.4) is 0 Å². The van der Waals surface area contributed by atoms with Crippen molar-refractivity contribution in [1.29, 1.82) is 0 Å². The lowest BCUT2D eigenvalue weighted by Crippen LogP contribution is -3.11. The minimum Gasteiger partial charge on any atom is -0.495 e. The second-order valence-electron chi connectivity index (χ2n) is 5.34. The van der Waals surface area contributed by atoms with Gasteiger partial charge in [0, 0.05) is 11.3 Å². The highest BCUT2D eigenvalue weighted by Gasteiger charge is 2.14. The van der Waals surface area contributed by atoms with Crippen LogP contribution in [0.4, 0.5) is 5.69 Å². The monoisotopic (exact) mass is 333 g/mol. The molecule has 0 bridgehead atoms. The maximum Gasteiger partial charge on any atom is 0.279 e. The van der Waals surface area contributed by atoms with Crippen LogP contribution >= 0.6 is 11.6 Å². The van der Waals surface area contributed by atoms with Crippen molar-refractivity contribution in [1.82, 2.24) is 0 Å². The number of likely N-dealkylation sites (N-methyl/N-ethyl adjacent to an activating group) is 1. The van der Waals surface area contributed by atoms with Crippen molar-refractivity contribution in [3.63, 3.8) is 0 Å². The SMILES string of the molecule is CC[NH+](CC(=O)Nc1ccc(OC)c(Cl)c1)Cc1ccccc1. The molecule has 0 spiro atoms. The number of rotatable bonds is 7. The maximum atomic E-state index is 12.2. The molecule has 1 amide bonds. The molecule has 0 aliphatic carbocycles. The standard InChI is InChI=1S/C18H21ClN2O2/c1-3-21(12-14-7-5-4-6-8-14)13-18(22)20-15-9-10-17(23-2)16(19)11-15/h4-11H,3,12-13H2,1-2H3,(H,20,22)/p+1. The number of benzene rings is 2. The number of nitrogens with one attached hydrogen (secondary N) is 2. The number of carbonyl (C=O) groups excluding carboxylic acids is 1. The Bertz CT molecular complexity index is 647. The molecule has 23 heavy (non-hydrogen) atoms. The zero-order valence-corrected chi connectivity index (χ0v) is 14.2. The first-order valence-corrected chi connectivity index (χ1v) is 8.01. The van der Waals surface area contributed by atoms with E-state index in [1.807, 2.05) is 18.2 Å². The van der Waals surface area contributed by atoms with E-state index < -0.39 is 0 Å². The van der Waals surface area contributed by atoms with Crippen LogP contribution in [0.1, 0.15) is 12.5 Å². The van der Waals surface area contributed by atoms with Gasteiger partial charge in [-0.2, -0.15) is 0 Å². The van der Waals surface area contributed by atoms with E-state index in [4.69, 9.17) is 16.3 Å². The van der Waals surface area contributed by atoms with Crippen molar-refractivity contribution in [2.24, 2.45) is 0 Å². The molecule has 1 atom stereocenters. The molecule has 2 aromatic carbocycles. The van der Waals surface area contributed by atoms with Crippen LogP contribution in [0.25, 0.3) is 0 Å². The molecule has 0 saturated carbocycles. The lowest BCUT2D eigenvalue weighted by Gasteiger charge is -2.17. The van der Waals surface area contributed by atoms with Crippen LogP contribution in [0.2, 0.25) is 5.02 Å². The minimum atomic E-state index is -0.0287.